The van der Waals surface area contributed by atoms with Crippen LogP contribution in [-0.2, 0) is 11.3 Å². The molecule has 0 saturated carbocycles. The number of anilines is 1. The number of carbonyl (C=O) groups excluding carboxylic acids is 1. The van der Waals surface area contributed by atoms with Crippen LogP contribution in [0.1, 0.15) is 12.0 Å². The molecule has 1 atom stereocenters. The molecular formula is C15H17ClF2N4O. The standard InChI is InChI=1S/C15H16F2N4O.ClH/c16-15(17)8-13(18-10-15)14(22)20-12-4-2-11(3-5-12)9-21-7-1-6-19-21;/h1-7,13,18H,8-10H2,(H,20,22);1H. The topological polar surface area (TPSA) is 59.0 Å². The molecule has 2 N–H and O–H groups in total. The summed E-state index contributed by atoms with van der Waals surface area (Å²) < 4.78 is 27.9. The van der Waals surface area contributed by atoms with Crippen LogP contribution in [0.25, 0.3) is 0 Å². The number of benzene rings is 1. The summed E-state index contributed by atoms with van der Waals surface area (Å²) in [5.74, 6) is -3.24. The number of hydrogen-bond donors (Lipinski definition) is 2. The van der Waals surface area contributed by atoms with Gasteiger partial charge in [-0.25, -0.2) is 8.78 Å². The lowest BCUT2D eigenvalue weighted by Gasteiger charge is -2.11. The van der Waals surface area contributed by atoms with Gasteiger partial charge in [0.25, 0.3) is 5.92 Å². The molecule has 1 amide bonds. The van der Waals surface area contributed by atoms with Crippen molar-refractivity contribution in [2.75, 3.05) is 11.9 Å². The van der Waals surface area contributed by atoms with Crippen LogP contribution in [0.4, 0.5) is 14.5 Å². The minimum absolute atomic E-state index is 0. The highest BCUT2D eigenvalue weighted by atomic mass is 35.5. The average Bonchev–Trinajstić information content (AvgIpc) is 3.10. The Hall–Kier alpha value is -1.99. The van der Waals surface area contributed by atoms with Gasteiger partial charge in [-0.05, 0) is 23.8 Å². The highest BCUT2D eigenvalue weighted by Gasteiger charge is 2.42. The van der Waals surface area contributed by atoms with Gasteiger partial charge < -0.3 is 5.32 Å². The van der Waals surface area contributed by atoms with E-state index < -0.39 is 30.8 Å². The first-order valence-corrected chi connectivity index (χ1v) is 7.00. The maximum Gasteiger partial charge on any atom is 0.262 e. The van der Waals surface area contributed by atoms with Gasteiger partial charge in [0, 0.05) is 24.5 Å². The first-order chi connectivity index (χ1) is 10.5. The molecule has 1 aliphatic rings. The predicted octanol–water partition coefficient (Wildman–Crippen LogP) is 2.29. The number of carbonyl (C=O) groups is 1. The van der Waals surface area contributed by atoms with Gasteiger partial charge in [0.1, 0.15) is 0 Å². The molecule has 2 heterocycles. The second-order valence-corrected chi connectivity index (χ2v) is 5.38. The Balaban J connectivity index is 0.00000192. The van der Waals surface area contributed by atoms with E-state index in [1.54, 1.807) is 23.0 Å². The summed E-state index contributed by atoms with van der Waals surface area (Å²) in [7, 11) is 0. The second kappa shape index (κ2) is 7.06. The van der Waals surface area contributed by atoms with Crippen LogP contribution in [0.15, 0.2) is 42.7 Å². The van der Waals surface area contributed by atoms with Crippen molar-refractivity contribution < 1.29 is 13.6 Å². The van der Waals surface area contributed by atoms with Crippen LogP contribution in [0.2, 0.25) is 0 Å². The van der Waals surface area contributed by atoms with E-state index in [0.717, 1.165) is 5.56 Å². The van der Waals surface area contributed by atoms with Crippen molar-refractivity contribution in [1.82, 2.24) is 15.1 Å². The Kier molecular flexibility index (Phi) is 5.33. The van der Waals surface area contributed by atoms with Crippen molar-refractivity contribution in [2.24, 2.45) is 0 Å². The largest absolute Gasteiger partial charge is 0.325 e. The Morgan fingerprint density at radius 2 is 2.13 bits per heavy atom. The summed E-state index contributed by atoms with van der Waals surface area (Å²) in [6, 6.07) is 8.24. The maximum atomic E-state index is 13.1. The van der Waals surface area contributed by atoms with E-state index in [9.17, 15) is 13.6 Å². The van der Waals surface area contributed by atoms with Crippen molar-refractivity contribution in [2.45, 2.75) is 24.9 Å². The van der Waals surface area contributed by atoms with Gasteiger partial charge in [-0.2, -0.15) is 5.10 Å². The lowest BCUT2D eigenvalue weighted by Crippen LogP contribution is -2.35. The fourth-order valence-corrected chi connectivity index (χ4v) is 2.40. The van der Waals surface area contributed by atoms with Gasteiger partial charge in [0.2, 0.25) is 5.91 Å². The first-order valence-electron chi connectivity index (χ1n) is 7.00. The van der Waals surface area contributed by atoms with Crippen molar-refractivity contribution >= 4 is 24.0 Å². The average molecular weight is 343 g/mol. The molecule has 1 fully saturated rings. The van der Waals surface area contributed by atoms with Crippen molar-refractivity contribution in [3.8, 4) is 0 Å². The quantitative estimate of drug-likeness (QED) is 0.896. The molecule has 0 radical (unpaired) electrons. The van der Waals surface area contributed by atoms with E-state index in [2.05, 4.69) is 15.7 Å². The third-order valence-corrected chi connectivity index (χ3v) is 3.55. The molecule has 3 rings (SSSR count). The Bertz CT molecular complexity index is 646. The molecule has 1 aliphatic heterocycles. The monoisotopic (exact) mass is 342 g/mol. The molecule has 8 heteroatoms. The maximum absolute atomic E-state index is 13.1. The van der Waals surface area contributed by atoms with Crippen molar-refractivity contribution in [3.63, 3.8) is 0 Å². The molecular weight excluding hydrogens is 326 g/mol. The van der Waals surface area contributed by atoms with Crippen LogP contribution >= 0.6 is 12.4 Å². The minimum atomic E-state index is -2.81. The number of alkyl halides is 2. The van der Waals surface area contributed by atoms with Crippen LogP contribution in [-0.4, -0.2) is 34.2 Å². The highest BCUT2D eigenvalue weighted by Crippen LogP contribution is 2.25. The van der Waals surface area contributed by atoms with Gasteiger partial charge in [-0.3, -0.25) is 14.8 Å². The lowest BCUT2D eigenvalue weighted by molar-refractivity contribution is -0.118. The molecule has 23 heavy (non-hydrogen) atoms. The Morgan fingerprint density at radius 3 is 2.70 bits per heavy atom. The van der Waals surface area contributed by atoms with Gasteiger partial charge in [0.05, 0.1) is 19.1 Å². The lowest BCUT2D eigenvalue weighted by atomic mass is 10.1. The Labute approximate surface area is 138 Å². The van der Waals surface area contributed by atoms with Crippen molar-refractivity contribution in [3.05, 3.63) is 48.3 Å². The minimum Gasteiger partial charge on any atom is -0.325 e. The zero-order chi connectivity index (χ0) is 15.6. The zero-order valence-electron chi connectivity index (χ0n) is 12.2. The molecule has 1 aromatic heterocycles. The summed E-state index contributed by atoms with van der Waals surface area (Å²) in [5.41, 5.74) is 1.62. The normalized spacial score (nSPS) is 19.1. The molecule has 0 bridgehead atoms. The first kappa shape index (κ1) is 17.4. The molecule has 124 valence electrons. The van der Waals surface area contributed by atoms with Gasteiger partial charge >= 0.3 is 0 Å². The van der Waals surface area contributed by atoms with E-state index in [1.807, 2.05) is 24.4 Å². The van der Waals surface area contributed by atoms with Crippen LogP contribution < -0.4 is 10.6 Å². The number of hydrogen-bond acceptors (Lipinski definition) is 3. The number of halogens is 3. The van der Waals surface area contributed by atoms with Gasteiger partial charge in [-0.1, -0.05) is 12.1 Å². The molecule has 0 spiro atoms. The molecule has 0 aliphatic carbocycles. The Morgan fingerprint density at radius 1 is 1.39 bits per heavy atom. The zero-order valence-corrected chi connectivity index (χ0v) is 13.0. The summed E-state index contributed by atoms with van der Waals surface area (Å²) in [4.78, 5) is 11.9. The van der Waals surface area contributed by atoms with Crippen LogP contribution in [0, 0.1) is 0 Å². The third-order valence-electron chi connectivity index (χ3n) is 3.55. The molecule has 1 saturated heterocycles. The number of nitrogens with one attached hydrogen (secondary N) is 2. The number of rotatable bonds is 4. The summed E-state index contributed by atoms with van der Waals surface area (Å²) in [5, 5.41) is 9.30. The fraction of sp³-hybridized carbons (Fsp3) is 0.333. The summed E-state index contributed by atoms with van der Waals surface area (Å²) >= 11 is 0. The van der Waals surface area contributed by atoms with Crippen LogP contribution in [0.5, 0.6) is 0 Å². The van der Waals surface area contributed by atoms with Crippen LogP contribution in [0.3, 0.4) is 0 Å². The van der Waals surface area contributed by atoms with E-state index in [0.29, 0.717) is 12.2 Å². The summed E-state index contributed by atoms with van der Waals surface area (Å²) in [6.45, 7) is 0.186. The van der Waals surface area contributed by atoms with Gasteiger partial charge in [-0.15, -0.1) is 12.4 Å². The predicted molar refractivity (Wildman–Crippen MR) is 85.0 cm³/mol. The highest BCUT2D eigenvalue weighted by molar-refractivity contribution is 5.95. The molecule has 2 aromatic rings. The summed E-state index contributed by atoms with van der Waals surface area (Å²) in [6.07, 6.45) is 3.11. The number of aromatic nitrogens is 2. The molecule has 5 nitrogen and oxygen atoms in total. The van der Waals surface area contributed by atoms with E-state index in [-0.39, 0.29) is 12.4 Å². The van der Waals surface area contributed by atoms with E-state index in [1.165, 1.54) is 0 Å². The van der Waals surface area contributed by atoms with E-state index >= 15 is 0 Å². The van der Waals surface area contributed by atoms with E-state index in [4.69, 9.17) is 0 Å². The fourth-order valence-electron chi connectivity index (χ4n) is 2.40. The molecule has 1 aromatic carbocycles. The van der Waals surface area contributed by atoms with Crippen molar-refractivity contribution in [1.29, 1.82) is 0 Å². The van der Waals surface area contributed by atoms with Gasteiger partial charge in [0.15, 0.2) is 0 Å². The number of nitrogens with zero attached hydrogens (tertiary/aromatic N) is 2. The molecule has 1 unspecified atom stereocenters. The smallest absolute Gasteiger partial charge is 0.262 e. The SMILES string of the molecule is Cl.O=C(Nc1ccc(Cn2cccn2)cc1)C1CC(F)(F)CN1. The third kappa shape index (κ3) is 4.49. The number of amides is 1. The second-order valence-electron chi connectivity index (χ2n) is 5.38.